The fraction of sp³-hybridized carbons (Fsp3) is 0. The van der Waals surface area contributed by atoms with Crippen molar-refractivity contribution in [1.29, 1.82) is 5.26 Å². The Kier molecular flexibility index (Phi) is 3.88. The van der Waals surface area contributed by atoms with Crippen LogP contribution in [-0.4, -0.2) is 20.2 Å². The molecule has 26 heavy (non-hydrogen) atoms. The van der Waals surface area contributed by atoms with Crippen LogP contribution in [0.2, 0.25) is 0 Å². The molecule has 0 radical (unpaired) electrons. The van der Waals surface area contributed by atoms with Crippen LogP contribution in [0.5, 0.6) is 0 Å². The number of hydrogen-bond donors (Lipinski definition) is 2. The van der Waals surface area contributed by atoms with Crippen LogP contribution in [-0.2, 0) is 0 Å². The van der Waals surface area contributed by atoms with Crippen LogP contribution in [0.3, 0.4) is 0 Å². The molecule has 6 heteroatoms. The largest absolute Gasteiger partial charge is 0.305 e. The van der Waals surface area contributed by atoms with E-state index in [0.717, 1.165) is 16.8 Å². The Hall–Kier alpha value is -3.98. The minimum atomic E-state index is -0.276. The Morgan fingerprint density at radius 2 is 1.85 bits per heavy atom. The number of rotatable bonds is 3. The summed E-state index contributed by atoms with van der Waals surface area (Å²) in [7, 11) is 0. The molecular weight excluding hydrogens is 326 g/mol. The number of para-hydroxylation sites is 1. The van der Waals surface area contributed by atoms with Crippen LogP contribution in [0.1, 0.15) is 11.4 Å². The molecule has 0 aliphatic rings. The summed E-state index contributed by atoms with van der Waals surface area (Å²) >= 11 is 0. The van der Waals surface area contributed by atoms with Crippen molar-refractivity contribution in [2.24, 2.45) is 0 Å². The van der Waals surface area contributed by atoms with Gasteiger partial charge in [-0.1, -0.05) is 42.5 Å². The molecule has 0 fully saturated rings. The maximum Gasteiger partial charge on any atom is 0.259 e. The predicted octanol–water partition coefficient (Wildman–Crippen LogP) is 3.38. The highest BCUT2D eigenvalue weighted by atomic mass is 16.1. The van der Waals surface area contributed by atoms with Crippen LogP contribution in [0.15, 0.2) is 65.6 Å². The smallest absolute Gasteiger partial charge is 0.259 e. The van der Waals surface area contributed by atoms with E-state index in [0.29, 0.717) is 10.9 Å². The van der Waals surface area contributed by atoms with Crippen molar-refractivity contribution in [3.05, 3.63) is 82.5 Å². The van der Waals surface area contributed by atoms with Gasteiger partial charge >= 0.3 is 0 Å². The van der Waals surface area contributed by atoms with Gasteiger partial charge in [0.1, 0.15) is 6.07 Å². The van der Waals surface area contributed by atoms with Gasteiger partial charge < -0.3 is 4.98 Å². The zero-order valence-electron chi connectivity index (χ0n) is 13.6. The molecule has 2 aromatic heterocycles. The zero-order valence-corrected chi connectivity index (χ0v) is 13.6. The molecule has 0 aliphatic carbocycles. The van der Waals surface area contributed by atoms with Crippen molar-refractivity contribution in [3.8, 4) is 17.3 Å². The van der Waals surface area contributed by atoms with Gasteiger partial charge in [0, 0.05) is 11.1 Å². The molecule has 0 amide bonds. The lowest BCUT2D eigenvalue weighted by Crippen LogP contribution is -2.11. The number of H-pyrrole nitrogens is 2. The summed E-state index contributed by atoms with van der Waals surface area (Å²) in [6.45, 7) is 0. The molecule has 0 atom stereocenters. The minimum absolute atomic E-state index is 0.233. The molecule has 0 spiro atoms. The third kappa shape index (κ3) is 2.78. The number of hydrogen-bond acceptors (Lipinski definition) is 4. The van der Waals surface area contributed by atoms with E-state index < -0.39 is 0 Å². The summed E-state index contributed by atoms with van der Waals surface area (Å²) in [4.78, 5) is 19.4. The first kappa shape index (κ1) is 15.5. The first-order valence-electron chi connectivity index (χ1n) is 7.96. The van der Waals surface area contributed by atoms with Crippen molar-refractivity contribution in [1.82, 2.24) is 20.2 Å². The van der Waals surface area contributed by atoms with Gasteiger partial charge in [-0.3, -0.25) is 9.89 Å². The summed E-state index contributed by atoms with van der Waals surface area (Å²) in [6.07, 6.45) is 3.30. The Bertz CT molecular complexity index is 1210. The molecule has 0 saturated heterocycles. The number of benzene rings is 2. The maximum atomic E-state index is 12.3. The number of nitrogens with one attached hydrogen (secondary N) is 2. The lowest BCUT2D eigenvalue weighted by atomic mass is 10.1. The third-order valence-electron chi connectivity index (χ3n) is 4.02. The van der Waals surface area contributed by atoms with Gasteiger partial charge in [0.15, 0.2) is 5.82 Å². The maximum absolute atomic E-state index is 12.3. The molecule has 0 aliphatic heterocycles. The lowest BCUT2D eigenvalue weighted by molar-refractivity contribution is 1.10. The number of aromatic nitrogens is 4. The highest BCUT2D eigenvalue weighted by Gasteiger charge is 2.11. The molecule has 6 nitrogen and oxygen atoms in total. The highest BCUT2D eigenvalue weighted by Crippen LogP contribution is 2.24. The van der Waals surface area contributed by atoms with E-state index in [4.69, 9.17) is 0 Å². The van der Waals surface area contributed by atoms with Crippen LogP contribution >= 0.6 is 0 Å². The Labute approximate surface area is 148 Å². The average molecular weight is 339 g/mol. The van der Waals surface area contributed by atoms with Crippen molar-refractivity contribution in [3.63, 3.8) is 0 Å². The average Bonchev–Trinajstić information content (AvgIpc) is 3.15. The SMILES string of the molecule is N#CC(=Cc1cn[nH]c1-c1ccccc1)c1nc2ccccc2c(=O)[nH]1. The first-order valence-corrected chi connectivity index (χ1v) is 7.96. The van der Waals surface area contributed by atoms with Crippen molar-refractivity contribution < 1.29 is 0 Å². The Balaban J connectivity index is 1.84. The molecule has 2 aromatic carbocycles. The highest BCUT2D eigenvalue weighted by molar-refractivity contribution is 5.91. The normalized spacial score (nSPS) is 11.4. The van der Waals surface area contributed by atoms with E-state index in [9.17, 15) is 10.1 Å². The summed E-state index contributed by atoms with van der Waals surface area (Å²) in [5.41, 5.74) is 3.01. The fourth-order valence-corrected chi connectivity index (χ4v) is 2.76. The van der Waals surface area contributed by atoms with Crippen LogP contribution in [0.25, 0.3) is 33.8 Å². The molecule has 0 bridgehead atoms. The number of fused-ring (bicyclic) bond motifs is 1. The number of allylic oxidation sites excluding steroid dienone is 1. The zero-order chi connectivity index (χ0) is 17.9. The van der Waals surface area contributed by atoms with Gasteiger partial charge in [0.2, 0.25) is 0 Å². The summed E-state index contributed by atoms with van der Waals surface area (Å²) in [6, 6.07) is 18.8. The van der Waals surface area contributed by atoms with E-state index >= 15 is 0 Å². The van der Waals surface area contributed by atoms with E-state index in [1.54, 1.807) is 36.5 Å². The first-order chi connectivity index (χ1) is 12.8. The predicted molar refractivity (Wildman–Crippen MR) is 99.9 cm³/mol. The van der Waals surface area contributed by atoms with Crippen molar-refractivity contribution >= 4 is 22.6 Å². The van der Waals surface area contributed by atoms with Gasteiger partial charge in [-0.2, -0.15) is 10.4 Å². The van der Waals surface area contributed by atoms with Crippen molar-refractivity contribution in [2.45, 2.75) is 0 Å². The third-order valence-corrected chi connectivity index (χ3v) is 4.02. The second-order valence-corrected chi connectivity index (χ2v) is 5.67. The van der Waals surface area contributed by atoms with Gasteiger partial charge in [0.25, 0.3) is 5.56 Å². The molecule has 2 N–H and O–H groups in total. The van der Waals surface area contributed by atoms with E-state index in [-0.39, 0.29) is 17.0 Å². The van der Waals surface area contributed by atoms with Gasteiger partial charge in [-0.05, 0) is 18.2 Å². The molecule has 2 heterocycles. The van der Waals surface area contributed by atoms with Crippen molar-refractivity contribution in [2.75, 3.05) is 0 Å². The minimum Gasteiger partial charge on any atom is -0.305 e. The van der Waals surface area contributed by atoms with Crippen LogP contribution in [0.4, 0.5) is 0 Å². The quantitative estimate of drug-likeness (QED) is 0.559. The fourth-order valence-electron chi connectivity index (χ4n) is 2.76. The second kappa shape index (κ2) is 6.49. The number of aromatic amines is 2. The summed E-state index contributed by atoms with van der Waals surface area (Å²) < 4.78 is 0. The van der Waals surface area contributed by atoms with Crippen LogP contribution in [0, 0.1) is 11.3 Å². The van der Waals surface area contributed by atoms with Crippen LogP contribution < -0.4 is 5.56 Å². The molecule has 4 rings (SSSR count). The monoisotopic (exact) mass is 339 g/mol. The molecule has 4 aromatic rings. The number of nitriles is 1. The standard InChI is InChI=1S/C20H13N5O/c21-11-14(19-23-17-9-5-4-8-16(17)20(26)24-19)10-15-12-22-25-18(15)13-6-2-1-3-7-13/h1-10,12H,(H,22,25)(H,23,24,26). The summed E-state index contributed by atoms with van der Waals surface area (Å²) in [5.74, 6) is 0.233. The molecule has 124 valence electrons. The second-order valence-electron chi connectivity index (χ2n) is 5.67. The molecular formula is C20H13N5O. The van der Waals surface area contributed by atoms with Gasteiger partial charge in [-0.25, -0.2) is 4.98 Å². The van der Waals surface area contributed by atoms with E-state index in [1.165, 1.54) is 0 Å². The topological polar surface area (TPSA) is 98.2 Å². The summed E-state index contributed by atoms with van der Waals surface area (Å²) in [5, 5.41) is 17.1. The van der Waals surface area contributed by atoms with E-state index in [1.807, 2.05) is 30.3 Å². The van der Waals surface area contributed by atoms with Gasteiger partial charge in [-0.15, -0.1) is 0 Å². The number of nitrogens with zero attached hydrogens (tertiary/aromatic N) is 3. The molecule has 0 unspecified atom stereocenters. The van der Waals surface area contributed by atoms with Gasteiger partial charge in [0.05, 0.1) is 28.4 Å². The lowest BCUT2D eigenvalue weighted by Gasteiger charge is -2.03. The van der Waals surface area contributed by atoms with E-state index in [2.05, 4.69) is 26.2 Å². The Morgan fingerprint density at radius 3 is 2.65 bits per heavy atom. The molecule has 0 saturated carbocycles. The Morgan fingerprint density at radius 1 is 1.08 bits per heavy atom.